The summed E-state index contributed by atoms with van der Waals surface area (Å²) < 4.78 is 17.5. The Hall–Kier alpha value is -3.19. The largest absolute Gasteiger partial charge is 0.444 e. The van der Waals surface area contributed by atoms with Crippen LogP contribution in [0.3, 0.4) is 0 Å². The van der Waals surface area contributed by atoms with E-state index in [2.05, 4.69) is 41.7 Å². The number of hydrogen-bond acceptors (Lipinski definition) is 5. The molecule has 0 radical (unpaired) electrons. The van der Waals surface area contributed by atoms with Crippen LogP contribution in [0.4, 0.5) is 4.79 Å². The van der Waals surface area contributed by atoms with Crippen molar-refractivity contribution in [1.82, 2.24) is 5.32 Å². The third-order valence-corrected chi connectivity index (χ3v) is 5.28. The minimum absolute atomic E-state index is 0.0394. The number of hydrogen-bond donors (Lipinski definition) is 2. The van der Waals surface area contributed by atoms with Crippen LogP contribution in [0, 0.1) is 0 Å². The third-order valence-electron chi connectivity index (χ3n) is 5.28. The second-order valence-corrected chi connectivity index (χ2v) is 9.24. The molecule has 2 N–H and O–H groups in total. The fourth-order valence-corrected chi connectivity index (χ4v) is 3.82. The summed E-state index contributed by atoms with van der Waals surface area (Å²) in [5.74, 6) is 0. The lowest BCUT2D eigenvalue weighted by Gasteiger charge is -2.36. The van der Waals surface area contributed by atoms with Crippen molar-refractivity contribution in [2.24, 2.45) is 0 Å². The second-order valence-electron chi connectivity index (χ2n) is 9.24. The predicted molar refractivity (Wildman–Crippen MR) is 136 cm³/mol. The predicted octanol–water partition coefficient (Wildman–Crippen LogP) is 4.90. The molecule has 0 aromatic heterocycles. The Bertz CT molecular complexity index is 923. The molecule has 0 fully saturated rings. The molecule has 1 amide bonds. The number of ether oxygens (including phenoxy) is 3. The summed E-state index contributed by atoms with van der Waals surface area (Å²) in [5.41, 5.74) is 1.63. The van der Waals surface area contributed by atoms with Crippen molar-refractivity contribution >= 4 is 6.09 Å². The molecular formula is C29H35NO5. The molecule has 0 aliphatic rings. The Balaban J connectivity index is 1.65. The molecule has 35 heavy (non-hydrogen) atoms. The first-order chi connectivity index (χ1) is 16.8. The van der Waals surface area contributed by atoms with Crippen molar-refractivity contribution in [2.75, 3.05) is 26.4 Å². The number of alkyl carbamates (subject to hydrolysis) is 1. The summed E-state index contributed by atoms with van der Waals surface area (Å²) in [6, 6.07) is 30.4. The molecule has 0 saturated heterocycles. The zero-order valence-corrected chi connectivity index (χ0v) is 20.6. The molecule has 1 atom stereocenters. The van der Waals surface area contributed by atoms with E-state index in [4.69, 9.17) is 14.2 Å². The first kappa shape index (κ1) is 26.4. The van der Waals surface area contributed by atoms with Crippen LogP contribution in [0.15, 0.2) is 91.0 Å². The molecule has 3 aromatic rings. The smallest absolute Gasteiger partial charge is 0.407 e. The minimum atomic E-state index is -0.857. The number of nitrogens with one attached hydrogen (secondary N) is 1. The van der Waals surface area contributed by atoms with E-state index in [1.807, 2.05) is 54.6 Å². The van der Waals surface area contributed by atoms with Crippen LogP contribution < -0.4 is 5.32 Å². The number of aliphatic hydroxyl groups excluding tert-OH is 1. The van der Waals surface area contributed by atoms with Crippen molar-refractivity contribution < 1.29 is 24.1 Å². The average molecular weight is 478 g/mol. The van der Waals surface area contributed by atoms with Gasteiger partial charge in [-0.25, -0.2) is 4.79 Å². The summed E-state index contributed by atoms with van der Waals surface area (Å²) in [7, 11) is 0. The maximum atomic E-state index is 11.7. The zero-order chi connectivity index (χ0) is 25.2. The van der Waals surface area contributed by atoms with Gasteiger partial charge < -0.3 is 24.6 Å². The highest BCUT2D eigenvalue weighted by Crippen LogP contribution is 2.40. The fourth-order valence-electron chi connectivity index (χ4n) is 3.82. The highest BCUT2D eigenvalue weighted by molar-refractivity contribution is 5.67. The third kappa shape index (κ3) is 7.65. The maximum absolute atomic E-state index is 11.7. The van der Waals surface area contributed by atoms with Crippen molar-refractivity contribution in [2.45, 2.75) is 38.1 Å². The second kappa shape index (κ2) is 12.5. The zero-order valence-electron chi connectivity index (χ0n) is 20.6. The fraction of sp³-hybridized carbons (Fsp3) is 0.345. The van der Waals surface area contributed by atoms with Gasteiger partial charge in [-0.2, -0.15) is 0 Å². The van der Waals surface area contributed by atoms with Gasteiger partial charge in [0.1, 0.15) is 11.2 Å². The number of aliphatic hydroxyl groups is 1. The van der Waals surface area contributed by atoms with Crippen molar-refractivity contribution in [1.29, 1.82) is 0 Å². The normalized spacial score (nSPS) is 12.7. The van der Waals surface area contributed by atoms with Gasteiger partial charge >= 0.3 is 6.09 Å². The van der Waals surface area contributed by atoms with Gasteiger partial charge in [-0.1, -0.05) is 91.0 Å². The standard InChI is InChI=1S/C29H35NO5/c1-28(2,3)35-27(32)30-21-26(31)22-33-19-20-34-29(23-13-7-4-8-14-23,24-15-9-5-10-16-24)25-17-11-6-12-18-25/h4-18,26,31H,19-22H2,1-3H3,(H,30,32). The van der Waals surface area contributed by atoms with Crippen molar-refractivity contribution in [3.8, 4) is 0 Å². The summed E-state index contributed by atoms with van der Waals surface area (Å²) >= 11 is 0. The quantitative estimate of drug-likeness (QED) is 0.304. The maximum Gasteiger partial charge on any atom is 0.407 e. The number of carbonyl (C=O) groups excluding carboxylic acids is 1. The molecule has 6 heteroatoms. The first-order valence-corrected chi connectivity index (χ1v) is 11.8. The molecule has 0 bridgehead atoms. The van der Waals surface area contributed by atoms with Gasteiger partial charge in [0.05, 0.1) is 25.9 Å². The Morgan fingerprint density at radius 3 is 1.69 bits per heavy atom. The van der Waals surface area contributed by atoms with Gasteiger partial charge in [0.25, 0.3) is 0 Å². The molecule has 1 unspecified atom stereocenters. The number of carbonyl (C=O) groups is 1. The van der Waals surface area contributed by atoms with Crippen LogP contribution in [0.25, 0.3) is 0 Å². The molecule has 3 aromatic carbocycles. The molecule has 0 heterocycles. The van der Waals surface area contributed by atoms with Crippen molar-refractivity contribution in [3.05, 3.63) is 108 Å². The van der Waals surface area contributed by atoms with Gasteiger partial charge in [-0.3, -0.25) is 0 Å². The van der Waals surface area contributed by atoms with E-state index < -0.39 is 23.4 Å². The van der Waals surface area contributed by atoms with Gasteiger partial charge in [0, 0.05) is 6.54 Å². The average Bonchev–Trinajstić information content (AvgIpc) is 2.86. The lowest BCUT2D eigenvalue weighted by Crippen LogP contribution is -2.38. The molecule has 0 saturated carbocycles. The summed E-state index contributed by atoms with van der Waals surface area (Å²) in [6.45, 7) is 6.03. The van der Waals surface area contributed by atoms with Crippen LogP contribution in [0.5, 0.6) is 0 Å². The molecule has 3 rings (SSSR count). The SMILES string of the molecule is CC(C)(C)OC(=O)NCC(O)COCCOC(c1ccccc1)(c1ccccc1)c1ccccc1. The monoisotopic (exact) mass is 477 g/mol. The van der Waals surface area contributed by atoms with Gasteiger partial charge in [-0.15, -0.1) is 0 Å². The van der Waals surface area contributed by atoms with E-state index in [0.29, 0.717) is 6.61 Å². The van der Waals surface area contributed by atoms with E-state index in [0.717, 1.165) is 16.7 Å². The lowest BCUT2D eigenvalue weighted by atomic mass is 9.80. The molecule has 186 valence electrons. The van der Waals surface area contributed by atoms with Gasteiger partial charge in [-0.05, 0) is 37.5 Å². The first-order valence-electron chi connectivity index (χ1n) is 11.8. The summed E-state index contributed by atoms with van der Waals surface area (Å²) in [4.78, 5) is 11.7. The highest BCUT2D eigenvalue weighted by atomic mass is 16.6. The van der Waals surface area contributed by atoms with Crippen LogP contribution in [-0.4, -0.2) is 49.3 Å². The number of benzene rings is 3. The van der Waals surface area contributed by atoms with Crippen molar-refractivity contribution in [3.63, 3.8) is 0 Å². The van der Waals surface area contributed by atoms with Gasteiger partial charge in [0.15, 0.2) is 0 Å². The van der Waals surface area contributed by atoms with Crippen LogP contribution in [0.1, 0.15) is 37.5 Å². The Morgan fingerprint density at radius 2 is 1.26 bits per heavy atom. The molecule has 0 aliphatic heterocycles. The van der Waals surface area contributed by atoms with Crippen LogP contribution in [-0.2, 0) is 19.8 Å². The molecule has 0 aliphatic carbocycles. The summed E-state index contributed by atoms with van der Waals surface area (Å²) in [6.07, 6.45) is -1.43. The van der Waals surface area contributed by atoms with Gasteiger partial charge in [0.2, 0.25) is 0 Å². The molecular weight excluding hydrogens is 442 g/mol. The minimum Gasteiger partial charge on any atom is -0.444 e. The lowest BCUT2D eigenvalue weighted by molar-refractivity contribution is -0.0390. The summed E-state index contributed by atoms with van der Waals surface area (Å²) in [5, 5.41) is 12.7. The Kier molecular flexibility index (Phi) is 9.43. The van der Waals surface area contributed by atoms with E-state index in [1.54, 1.807) is 20.8 Å². The molecule has 6 nitrogen and oxygen atoms in total. The Labute approximate surface area is 207 Å². The van der Waals surface area contributed by atoms with E-state index in [-0.39, 0.29) is 19.8 Å². The number of rotatable bonds is 11. The van der Waals surface area contributed by atoms with E-state index >= 15 is 0 Å². The Morgan fingerprint density at radius 1 is 0.800 bits per heavy atom. The van der Waals surface area contributed by atoms with E-state index in [1.165, 1.54) is 0 Å². The van der Waals surface area contributed by atoms with E-state index in [9.17, 15) is 9.90 Å². The topological polar surface area (TPSA) is 77.0 Å². The molecule has 0 spiro atoms. The highest BCUT2D eigenvalue weighted by Gasteiger charge is 2.37. The van der Waals surface area contributed by atoms with Crippen LogP contribution >= 0.6 is 0 Å². The van der Waals surface area contributed by atoms with Crippen LogP contribution in [0.2, 0.25) is 0 Å². The number of amides is 1.